The second-order valence-corrected chi connectivity index (χ2v) is 5.53. The number of hydrogen-bond donors (Lipinski definition) is 1. The number of fused-ring (bicyclic) bond motifs is 2. The van der Waals surface area contributed by atoms with Crippen molar-refractivity contribution < 1.29 is 13.9 Å². The second kappa shape index (κ2) is 5.40. The summed E-state index contributed by atoms with van der Waals surface area (Å²) >= 11 is 0. The number of nitrogens with one attached hydrogen (secondary N) is 1. The standard InChI is InChI=1S/C15H19FN2O2/c1-20-14-8-10(2-5-13(14)16)15(19)18-7-6-11-3-4-12(9-18)17-11/h2,5,8,11-12,17H,3-4,6-7,9H2,1H3. The van der Waals surface area contributed by atoms with Gasteiger partial charge in [-0.2, -0.15) is 0 Å². The van der Waals surface area contributed by atoms with Crippen molar-refractivity contribution in [3.05, 3.63) is 29.6 Å². The lowest BCUT2D eigenvalue weighted by atomic mass is 10.1. The fraction of sp³-hybridized carbons (Fsp3) is 0.533. The van der Waals surface area contributed by atoms with E-state index in [2.05, 4.69) is 5.32 Å². The maximum atomic E-state index is 13.4. The predicted molar refractivity (Wildman–Crippen MR) is 73.4 cm³/mol. The number of hydrogen-bond acceptors (Lipinski definition) is 3. The number of methoxy groups -OCH3 is 1. The Morgan fingerprint density at radius 1 is 1.35 bits per heavy atom. The molecule has 1 aromatic carbocycles. The summed E-state index contributed by atoms with van der Waals surface area (Å²) in [6.45, 7) is 1.49. The monoisotopic (exact) mass is 278 g/mol. The average molecular weight is 278 g/mol. The number of halogens is 1. The molecule has 2 aliphatic heterocycles. The summed E-state index contributed by atoms with van der Waals surface area (Å²) in [6.07, 6.45) is 3.32. The number of carbonyl (C=O) groups excluding carboxylic acids is 1. The smallest absolute Gasteiger partial charge is 0.254 e. The molecule has 0 aromatic heterocycles. The van der Waals surface area contributed by atoms with Crippen LogP contribution in [0.1, 0.15) is 29.6 Å². The molecule has 2 heterocycles. The Balaban J connectivity index is 1.78. The molecule has 1 N–H and O–H groups in total. The number of nitrogens with zero attached hydrogens (tertiary/aromatic N) is 1. The molecule has 5 heteroatoms. The van der Waals surface area contributed by atoms with Gasteiger partial charge in [-0.25, -0.2) is 4.39 Å². The Hall–Kier alpha value is -1.62. The van der Waals surface area contributed by atoms with Crippen molar-refractivity contribution >= 4 is 5.91 Å². The van der Waals surface area contributed by atoms with Gasteiger partial charge in [0.25, 0.3) is 5.91 Å². The summed E-state index contributed by atoms with van der Waals surface area (Å²) in [5.74, 6) is -0.372. The third-order valence-corrected chi connectivity index (χ3v) is 4.21. The number of likely N-dealkylation sites (tertiary alicyclic amines) is 1. The van der Waals surface area contributed by atoms with Gasteiger partial charge in [0.15, 0.2) is 11.6 Å². The van der Waals surface area contributed by atoms with Crippen molar-refractivity contribution in [2.45, 2.75) is 31.3 Å². The molecule has 4 nitrogen and oxygen atoms in total. The Morgan fingerprint density at radius 2 is 2.15 bits per heavy atom. The van der Waals surface area contributed by atoms with Gasteiger partial charge in [0.2, 0.25) is 0 Å². The molecule has 0 radical (unpaired) electrons. The van der Waals surface area contributed by atoms with Crippen LogP contribution in [0.15, 0.2) is 18.2 Å². The topological polar surface area (TPSA) is 41.6 Å². The van der Waals surface area contributed by atoms with Crippen LogP contribution in [-0.2, 0) is 0 Å². The quantitative estimate of drug-likeness (QED) is 0.897. The van der Waals surface area contributed by atoms with Crippen LogP contribution in [0.5, 0.6) is 5.75 Å². The van der Waals surface area contributed by atoms with Crippen LogP contribution in [-0.4, -0.2) is 43.1 Å². The number of carbonyl (C=O) groups is 1. The molecule has 2 fully saturated rings. The first-order valence-electron chi connectivity index (χ1n) is 7.06. The maximum Gasteiger partial charge on any atom is 0.254 e. The third-order valence-electron chi connectivity index (χ3n) is 4.21. The zero-order chi connectivity index (χ0) is 14.1. The highest BCUT2D eigenvalue weighted by Crippen LogP contribution is 2.23. The minimum Gasteiger partial charge on any atom is -0.494 e. The lowest BCUT2D eigenvalue weighted by Gasteiger charge is -2.24. The lowest BCUT2D eigenvalue weighted by molar-refractivity contribution is 0.0747. The van der Waals surface area contributed by atoms with Crippen LogP contribution in [0.3, 0.4) is 0 Å². The largest absolute Gasteiger partial charge is 0.494 e. The lowest BCUT2D eigenvalue weighted by Crippen LogP contribution is -2.39. The minimum absolute atomic E-state index is 0.0438. The van der Waals surface area contributed by atoms with Gasteiger partial charge in [0.05, 0.1) is 7.11 Å². The van der Waals surface area contributed by atoms with E-state index in [1.165, 1.54) is 31.7 Å². The van der Waals surface area contributed by atoms with Crippen molar-refractivity contribution in [2.75, 3.05) is 20.2 Å². The molecule has 2 bridgehead atoms. The molecule has 20 heavy (non-hydrogen) atoms. The van der Waals surface area contributed by atoms with E-state index in [1.54, 1.807) is 0 Å². The third kappa shape index (κ3) is 2.50. The van der Waals surface area contributed by atoms with Crippen molar-refractivity contribution in [3.8, 4) is 5.75 Å². The molecule has 2 saturated heterocycles. The van der Waals surface area contributed by atoms with E-state index in [1.807, 2.05) is 4.90 Å². The molecule has 3 rings (SSSR count). The van der Waals surface area contributed by atoms with Crippen molar-refractivity contribution in [1.82, 2.24) is 10.2 Å². The normalized spacial score (nSPS) is 25.4. The van der Waals surface area contributed by atoms with Gasteiger partial charge in [-0.05, 0) is 37.5 Å². The van der Waals surface area contributed by atoms with Crippen LogP contribution < -0.4 is 10.1 Å². The first-order valence-corrected chi connectivity index (χ1v) is 7.06. The summed E-state index contributed by atoms with van der Waals surface area (Å²) < 4.78 is 18.3. The molecule has 2 aliphatic rings. The van der Waals surface area contributed by atoms with E-state index in [-0.39, 0.29) is 11.7 Å². The molecule has 1 amide bonds. The van der Waals surface area contributed by atoms with E-state index in [0.717, 1.165) is 25.9 Å². The van der Waals surface area contributed by atoms with Gasteiger partial charge < -0.3 is 15.0 Å². The predicted octanol–water partition coefficient (Wildman–Crippen LogP) is 1.80. The fourth-order valence-corrected chi connectivity index (χ4v) is 3.10. The second-order valence-electron chi connectivity index (χ2n) is 5.53. The summed E-state index contributed by atoms with van der Waals surface area (Å²) in [4.78, 5) is 14.4. The van der Waals surface area contributed by atoms with Crippen molar-refractivity contribution in [2.24, 2.45) is 0 Å². The Bertz CT molecular complexity index is 521. The summed E-state index contributed by atoms with van der Waals surface area (Å²) in [6, 6.07) is 5.23. The van der Waals surface area contributed by atoms with Crippen LogP contribution in [0.4, 0.5) is 4.39 Å². The highest BCUT2D eigenvalue weighted by atomic mass is 19.1. The average Bonchev–Trinajstić information content (AvgIpc) is 2.78. The van der Waals surface area contributed by atoms with E-state index in [9.17, 15) is 9.18 Å². The summed E-state index contributed by atoms with van der Waals surface area (Å²) in [5.41, 5.74) is 0.487. The first kappa shape index (κ1) is 13.4. The van der Waals surface area contributed by atoms with E-state index < -0.39 is 5.82 Å². The first-order chi connectivity index (χ1) is 9.67. The van der Waals surface area contributed by atoms with Crippen molar-refractivity contribution in [1.29, 1.82) is 0 Å². The molecule has 2 atom stereocenters. The van der Waals surface area contributed by atoms with Crippen LogP contribution in [0.2, 0.25) is 0 Å². The number of amides is 1. The highest BCUT2D eigenvalue weighted by Gasteiger charge is 2.31. The van der Waals surface area contributed by atoms with Gasteiger partial charge in [0.1, 0.15) is 0 Å². The zero-order valence-electron chi connectivity index (χ0n) is 11.6. The Morgan fingerprint density at radius 3 is 2.95 bits per heavy atom. The van der Waals surface area contributed by atoms with Crippen LogP contribution in [0.25, 0.3) is 0 Å². The van der Waals surface area contributed by atoms with Crippen molar-refractivity contribution in [3.63, 3.8) is 0 Å². The summed E-state index contributed by atoms with van der Waals surface area (Å²) in [5, 5.41) is 3.54. The molecule has 0 aliphatic carbocycles. The van der Waals surface area contributed by atoms with Gasteiger partial charge in [-0.15, -0.1) is 0 Å². The number of ether oxygens (including phenoxy) is 1. The number of rotatable bonds is 2. The molecular formula is C15H19FN2O2. The van der Waals surface area contributed by atoms with Gasteiger partial charge >= 0.3 is 0 Å². The minimum atomic E-state index is -0.444. The molecule has 108 valence electrons. The molecule has 2 unspecified atom stereocenters. The summed E-state index contributed by atoms with van der Waals surface area (Å²) in [7, 11) is 1.40. The molecule has 0 saturated carbocycles. The molecular weight excluding hydrogens is 259 g/mol. The Kier molecular flexibility index (Phi) is 3.61. The van der Waals surface area contributed by atoms with E-state index >= 15 is 0 Å². The Labute approximate surface area is 117 Å². The van der Waals surface area contributed by atoms with Crippen LogP contribution >= 0.6 is 0 Å². The molecule has 0 spiro atoms. The fourth-order valence-electron chi connectivity index (χ4n) is 3.10. The zero-order valence-corrected chi connectivity index (χ0v) is 11.6. The van der Waals surface area contributed by atoms with Crippen LogP contribution in [0, 0.1) is 5.82 Å². The molecule has 1 aromatic rings. The number of benzene rings is 1. The van der Waals surface area contributed by atoms with E-state index in [4.69, 9.17) is 4.74 Å². The SMILES string of the molecule is COc1cc(C(=O)N2CCC3CCC(C2)N3)ccc1F. The maximum absolute atomic E-state index is 13.4. The van der Waals surface area contributed by atoms with E-state index in [0.29, 0.717) is 17.6 Å². The van der Waals surface area contributed by atoms with Gasteiger partial charge in [-0.1, -0.05) is 0 Å². The highest BCUT2D eigenvalue weighted by molar-refractivity contribution is 5.94. The van der Waals surface area contributed by atoms with Gasteiger partial charge in [0, 0.05) is 30.7 Å². The van der Waals surface area contributed by atoms with Gasteiger partial charge in [-0.3, -0.25) is 4.79 Å².